The molecule has 0 aliphatic carbocycles. The normalized spacial score (nSPS) is 14.1. The van der Waals surface area contributed by atoms with Gasteiger partial charge in [0.2, 0.25) is 0 Å². The van der Waals surface area contributed by atoms with Gasteiger partial charge in [-0.1, -0.05) is 81.4 Å². The molecule has 0 saturated carbocycles. The van der Waals surface area contributed by atoms with Gasteiger partial charge in [-0.25, -0.2) is 0 Å². The summed E-state index contributed by atoms with van der Waals surface area (Å²) in [6, 6.07) is 25.3. The third-order valence-electron chi connectivity index (χ3n) is 5.80. The average Bonchev–Trinajstić information content (AvgIpc) is 3.30. The number of nitrogens with zero attached hydrogens (tertiary/aromatic N) is 2. The molecule has 6 rings (SSSR count). The van der Waals surface area contributed by atoms with Gasteiger partial charge in [0.05, 0.1) is 22.2 Å². The molecule has 0 spiro atoms. The molecule has 0 unspecified atom stereocenters. The number of fused-ring (bicyclic) bond motifs is 6. The fourth-order valence-electron chi connectivity index (χ4n) is 4.74. The minimum Gasteiger partial charge on any atom is -0.307 e. The molecule has 0 amide bonds. The molecule has 0 bridgehead atoms. The van der Waals surface area contributed by atoms with Gasteiger partial charge >= 0.3 is 0 Å². The third-order valence-corrected chi connectivity index (χ3v) is 5.80. The van der Waals surface area contributed by atoms with Crippen molar-refractivity contribution >= 4 is 38.1 Å². The van der Waals surface area contributed by atoms with Gasteiger partial charge < -0.3 is 4.40 Å². The second-order valence-corrected chi connectivity index (χ2v) is 9.06. The molecule has 30 heavy (non-hydrogen) atoms. The first kappa shape index (κ1) is 15.4. The van der Waals surface area contributed by atoms with Gasteiger partial charge in [0.25, 0.3) is 0 Å². The summed E-state index contributed by atoms with van der Waals surface area (Å²) in [7, 11) is 0. The summed E-state index contributed by atoms with van der Waals surface area (Å²) in [6.07, 6.45) is 0.238. The molecule has 3 heterocycles. The standard InChI is InChI=1S/C28H24N2/c1-28(2,3)16-18-14-15-24(29-17-18)23-12-7-11-22-21-10-6-9-20-19-8-4-5-13-25(19)30(26(20)21)27(22)23/h4-15,17H,16H2,1-3H3/i16D2. The van der Waals surface area contributed by atoms with Crippen LogP contribution in [0.3, 0.4) is 0 Å². The van der Waals surface area contributed by atoms with Crippen molar-refractivity contribution in [3.63, 3.8) is 0 Å². The van der Waals surface area contributed by atoms with Crippen molar-refractivity contribution in [1.82, 2.24) is 9.38 Å². The molecule has 2 nitrogen and oxygen atoms in total. The zero-order chi connectivity index (χ0) is 22.3. The number of rotatable bonds is 2. The van der Waals surface area contributed by atoms with Gasteiger partial charge in [-0.3, -0.25) is 4.98 Å². The molecule has 3 aromatic carbocycles. The Kier molecular flexibility index (Phi) is 3.12. The van der Waals surface area contributed by atoms with E-state index in [9.17, 15) is 0 Å². The maximum absolute atomic E-state index is 8.57. The second-order valence-electron chi connectivity index (χ2n) is 9.06. The summed E-state index contributed by atoms with van der Waals surface area (Å²) in [6.45, 7) is 5.76. The summed E-state index contributed by atoms with van der Waals surface area (Å²) >= 11 is 0. The van der Waals surface area contributed by atoms with Crippen molar-refractivity contribution < 1.29 is 2.74 Å². The molecular weight excluding hydrogens is 364 g/mol. The maximum atomic E-state index is 8.57. The third kappa shape index (κ3) is 2.46. The van der Waals surface area contributed by atoms with E-state index in [4.69, 9.17) is 7.73 Å². The minimum absolute atomic E-state index is 0.512. The zero-order valence-electron chi connectivity index (χ0n) is 19.4. The highest BCUT2D eigenvalue weighted by Gasteiger charge is 2.19. The van der Waals surface area contributed by atoms with Crippen molar-refractivity contribution in [2.24, 2.45) is 5.41 Å². The molecule has 2 heteroatoms. The molecule has 3 aromatic heterocycles. The Morgan fingerprint density at radius 2 is 1.43 bits per heavy atom. The predicted octanol–water partition coefficient (Wildman–Crippen LogP) is 7.49. The summed E-state index contributed by atoms with van der Waals surface area (Å²) in [4.78, 5) is 4.74. The Morgan fingerprint density at radius 1 is 0.767 bits per heavy atom. The number of pyridine rings is 1. The first-order chi connectivity index (χ1) is 15.3. The van der Waals surface area contributed by atoms with Crippen LogP contribution >= 0.6 is 0 Å². The van der Waals surface area contributed by atoms with Crippen LogP contribution in [-0.2, 0) is 6.37 Å². The maximum Gasteiger partial charge on any atom is 0.0723 e. The van der Waals surface area contributed by atoms with Crippen molar-refractivity contribution in [3.05, 3.63) is 84.6 Å². The van der Waals surface area contributed by atoms with E-state index in [1.165, 1.54) is 32.6 Å². The van der Waals surface area contributed by atoms with Crippen LogP contribution in [-0.4, -0.2) is 9.38 Å². The molecule has 6 aromatic rings. The largest absolute Gasteiger partial charge is 0.307 e. The Hall–Kier alpha value is -3.39. The van der Waals surface area contributed by atoms with Crippen molar-refractivity contribution in [3.8, 4) is 11.3 Å². The lowest BCUT2D eigenvalue weighted by Crippen LogP contribution is -2.09. The highest BCUT2D eigenvalue weighted by Crippen LogP contribution is 2.41. The zero-order valence-corrected chi connectivity index (χ0v) is 17.4. The average molecular weight is 391 g/mol. The highest BCUT2D eigenvalue weighted by atomic mass is 14.9. The van der Waals surface area contributed by atoms with Gasteiger partial charge in [0.1, 0.15) is 0 Å². The van der Waals surface area contributed by atoms with Crippen LogP contribution in [0.15, 0.2) is 79.0 Å². The fourth-order valence-corrected chi connectivity index (χ4v) is 4.74. The lowest BCUT2D eigenvalue weighted by atomic mass is 9.89. The Morgan fingerprint density at radius 3 is 2.17 bits per heavy atom. The topological polar surface area (TPSA) is 17.3 Å². The number of aromatic nitrogens is 2. The van der Waals surface area contributed by atoms with Gasteiger partial charge in [-0.05, 0) is 29.5 Å². The van der Waals surface area contributed by atoms with Crippen LogP contribution in [0.4, 0.5) is 0 Å². The van der Waals surface area contributed by atoms with E-state index in [1.807, 2.05) is 32.9 Å². The van der Waals surface area contributed by atoms with Crippen LogP contribution < -0.4 is 0 Å². The SMILES string of the molecule is [2H]C([2H])(c1ccc(-c2cccc3c4cccc5c6ccccc6n(c23)c54)nc1)C(C)(C)C. The molecule has 0 aliphatic heterocycles. The van der Waals surface area contributed by atoms with E-state index in [1.54, 1.807) is 6.20 Å². The molecule has 146 valence electrons. The van der Waals surface area contributed by atoms with E-state index in [2.05, 4.69) is 65.1 Å². The fraction of sp³-hybridized carbons (Fsp3) is 0.179. The minimum atomic E-state index is -1.46. The van der Waals surface area contributed by atoms with E-state index in [0.29, 0.717) is 5.56 Å². The first-order valence-corrected chi connectivity index (χ1v) is 10.4. The molecule has 0 N–H and O–H groups in total. The van der Waals surface area contributed by atoms with Crippen LogP contribution in [0.25, 0.3) is 49.4 Å². The van der Waals surface area contributed by atoms with Crippen molar-refractivity contribution in [2.45, 2.75) is 27.1 Å². The number of hydrogen-bond acceptors (Lipinski definition) is 1. The van der Waals surface area contributed by atoms with Gasteiger partial charge in [0.15, 0.2) is 0 Å². The van der Waals surface area contributed by atoms with Crippen molar-refractivity contribution in [2.75, 3.05) is 0 Å². The van der Waals surface area contributed by atoms with E-state index >= 15 is 0 Å². The highest BCUT2D eigenvalue weighted by molar-refractivity contribution is 6.24. The molecule has 0 saturated heterocycles. The van der Waals surface area contributed by atoms with Gasteiger partial charge in [-0.15, -0.1) is 0 Å². The smallest absolute Gasteiger partial charge is 0.0723 e. The molecule has 0 atom stereocenters. The molecule has 0 radical (unpaired) electrons. The Balaban J connectivity index is 1.66. The number of para-hydroxylation sites is 3. The monoisotopic (exact) mass is 390 g/mol. The lowest BCUT2D eigenvalue weighted by molar-refractivity contribution is 0.411. The quantitative estimate of drug-likeness (QED) is 0.299. The van der Waals surface area contributed by atoms with E-state index < -0.39 is 11.8 Å². The van der Waals surface area contributed by atoms with Crippen LogP contribution in [0.5, 0.6) is 0 Å². The lowest BCUT2D eigenvalue weighted by Gasteiger charge is -2.17. The van der Waals surface area contributed by atoms with Crippen LogP contribution in [0.2, 0.25) is 0 Å². The van der Waals surface area contributed by atoms with Crippen LogP contribution in [0.1, 0.15) is 29.1 Å². The van der Waals surface area contributed by atoms with E-state index in [-0.39, 0.29) is 0 Å². The second kappa shape index (κ2) is 6.06. The van der Waals surface area contributed by atoms with Crippen molar-refractivity contribution in [1.29, 1.82) is 0 Å². The van der Waals surface area contributed by atoms with Gasteiger partial charge in [0, 0.05) is 36.0 Å². The number of hydrogen-bond donors (Lipinski definition) is 0. The summed E-state index contributed by atoms with van der Waals surface area (Å²) in [5.74, 6) is 0. The molecular formula is C28H24N2. The van der Waals surface area contributed by atoms with Crippen LogP contribution in [0, 0.1) is 5.41 Å². The number of benzene rings is 3. The molecule has 0 fully saturated rings. The summed E-state index contributed by atoms with van der Waals surface area (Å²) in [5, 5.41) is 4.98. The summed E-state index contributed by atoms with van der Waals surface area (Å²) in [5.41, 5.74) is 5.61. The van der Waals surface area contributed by atoms with Gasteiger partial charge in [-0.2, -0.15) is 0 Å². The first-order valence-electron chi connectivity index (χ1n) is 11.4. The Labute approximate surface area is 178 Å². The predicted molar refractivity (Wildman–Crippen MR) is 127 cm³/mol. The van der Waals surface area contributed by atoms with E-state index in [0.717, 1.165) is 16.8 Å². The Bertz CT molecular complexity index is 1620. The summed E-state index contributed by atoms with van der Waals surface area (Å²) < 4.78 is 19.5. The molecule has 0 aliphatic rings.